The molecule has 2 aromatic rings. The first-order chi connectivity index (χ1) is 15.3. The number of non-ortho nitro benzene ring substituents is 1. The average Bonchev–Trinajstić information content (AvgIpc) is 2.78. The van der Waals surface area contributed by atoms with Crippen molar-refractivity contribution in [3.63, 3.8) is 0 Å². The summed E-state index contributed by atoms with van der Waals surface area (Å²) < 4.78 is 4.94. The largest absolute Gasteiger partial charge is 0.478 e. The van der Waals surface area contributed by atoms with Crippen molar-refractivity contribution < 1.29 is 29.2 Å². The van der Waals surface area contributed by atoms with E-state index >= 15 is 0 Å². The predicted octanol–water partition coefficient (Wildman–Crippen LogP) is 3.93. The number of hydrogen-bond donors (Lipinski definition) is 1. The van der Waals surface area contributed by atoms with Crippen molar-refractivity contribution in [1.29, 1.82) is 0 Å². The second kappa shape index (κ2) is 9.44. The van der Waals surface area contributed by atoms with Gasteiger partial charge in [-0.1, -0.05) is 42.5 Å². The van der Waals surface area contributed by atoms with Crippen LogP contribution in [-0.4, -0.2) is 34.1 Å². The van der Waals surface area contributed by atoms with Crippen LogP contribution in [0.2, 0.25) is 0 Å². The van der Waals surface area contributed by atoms with Crippen LogP contribution < -0.4 is 0 Å². The number of nitro benzene ring substituents is 1. The molecule has 166 valence electrons. The number of carbonyl (C=O) groups is 2. The molecule has 0 saturated carbocycles. The maximum Gasteiger partial charge on any atom is 0.336 e. The fourth-order valence-corrected chi connectivity index (χ4v) is 3.74. The SMILES string of the molecule is COC(=O)C1=C(C)N(OCc2ccccc2)C(C)=C(C(=O)O)C1c1cccc([N+](=O)[O-])c1. The summed E-state index contributed by atoms with van der Waals surface area (Å²) in [7, 11) is 1.19. The Morgan fingerprint density at radius 3 is 2.31 bits per heavy atom. The summed E-state index contributed by atoms with van der Waals surface area (Å²) in [6.07, 6.45) is 0. The number of carbonyl (C=O) groups excluding carboxylic acids is 1. The van der Waals surface area contributed by atoms with Gasteiger partial charge in [-0.25, -0.2) is 14.7 Å². The second-order valence-electron chi connectivity index (χ2n) is 7.13. The lowest BCUT2D eigenvalue weighted by molar-refractivity contribution is -0.384. The summed E-state index contributed by atoms with van der Waals surface area (Å²) in [6.45, 7) is 3.32. The molecule has 0 aromatic heterocycles. The van der Waals surface area contributed by atoms with Crippen LogP contribution in [0.1, 0.15) is 30.9 Å². The molecule has 1 atom stereocenters. The quantitative estimate of drug-likeness (QED) is 0.392. The lowest BCUT2D eigenvalue weighted by Gasteiger charge is -2.36. The van der Waals surface area contributed by atoms with Crippen molar-refractivity contribution in [2.45, 2.75) is 26.4 Å². The van der Waals surface area contributed by atoms with Crippen molar-refractivity contribution in [2.75, 3.05) is 7.11 Å². The first kappa shape index (κ1) is 22.7. The number of hydroxylamine groups is 2. The van der Waals surface area contributed by atoms with Gasteiger partial charge in [0.15, 0.2) is 0 Å². The smallest absolute Gasteiger partial charge is 0.336 e. The van der Waals surface area contributed by atoms with Gasteiger partial charge in [-0.3, -0.25) is 15.0 Å². The molecular formula is C23H22N2O7. The number of hydrogen-bond acceptors (Lipinski definition) is 7. The Morgan fingerprint density at radius 1 is 1.06 bits per heavy atom. The third-order valence-corrected chi connectivity index (χ3v) is 5.22. The molecule has 0 saturated heterocycles. The van der Waals surface area contributed by atoms with E-state index in [4.69, 9.17) is 9.57 Å². The molecule has 2 aromatic carbocycles. The number of esters is 1. The molecule has 1 aliphatic heterocycles. The van der Waals surface area contributed by atoms with Crippen molar-refractivity contribution >= 4 is 17.6 Å². The highest BCUT2D eigenvalue weighted by atomic mass is 16.7. The van der Waals surface area contributed by atoms with Crippen molar-refractivity contribution in [2.24, 2.45) is 0 Å². The molecule has 3 rings (SSSR count). The van der Waals surface area contributed by atoms with Gasteiger partial charge >= 0.3 is 11.9 Å². The molecule has 1 N–H and O–H groups in total. The van der Waals surface area contributed by atoms with E-state index in [0.29, 0.717) is 11.3 Å². The number of methoxy groups -OCH3 is 1. The first-order valence-electron chi connectivity index (χ1n) is 9.70. The molecule has 0 fully saturated rings. The van der Waals surface area contributed by atoms with Crippen molar-refractivity contribution in [3.8, 4) is 0 Å². The molecule has 9 heteroatoms. The summed E-state index contributed by atoms with van der Waals surface area (Å²) >= 11 is 0. The molecule has 32 heavy (non-hydrogen) atoms. The highest BCUT2D eigenvalue weighted by Crippen LogP contribution is 2.43. The molecule has 0 spiro atoms. The van der Waals surface area contributed by atoms with Crippen molar-refractivity contribution in [1.82, 2.24) is 5.06 Å². The van der Waals surface area contributed by atoms with Gasteiger partial charge in [0, 0.05) is 12.1 Å². The van der Waals surface area contributed by atoms with E-state index in [2.05, 4.69) is 0 Å². The summed E-state index contributed by atoms with van der Waals surface area (Å²) in [5.41, 5.74) is 1.42. The van der Waals surface area contributed by atoms with E-state index in [1.54, 1.807) is 19.9 Å². The molecule has 9 nitrogen and oxygen atoms in total. The summed E-state index contributed by atoms with van der Waals surface area (Å²) in [5.74, 6) is -3.10. The number of nitrogens with zero attached hydrogens (tertiary/aromatic N) is 2. The molecule has 1 aliphatic rings. The number of benzene rings is 2. The molecule has 0 radical (unpaired) electrons. The Morgan fingerprint density at radius 2 is 1.72 bits per heavy atom. The van der Waals surface area contributed by atoms with Crippen LogP contribution in [-0.2, 0) is 25.8 Å². The van der Waals surface area contributed by atoms with E-state index in [-0.39, 0.29) is 29.1 Å². The van der Waals surface area contributed by atoms with Crippen LogP contribution >= 0.6 is 0 Å². The van der Waals surface area contributed by atoms with Gasteiger partial charge in [0.1, 0.15) is 6.61 Å². The number of ether oxygens (including phenoxy) is 1. The van der Waals surface area contributed by atoms with Gasteiger partial charge in [0.2, 0.25) is 0 Å². The van der Waals surface area contributed by atoms with E-state index in [0.717, 1.165) is 5.56 Å². The third-order valence-electron chi connectivity index (χ3n) is 5.22. The van der Waals surface area contributed by atoms with Gasteiger partial charge in [0.25, 0.3) is 5.69 Å². The van der Waals surface area contributed by atoms with E-state index in [1.165, 1.54) is 30.4 Å². The minimum Gasteiger partial charge on any atom is -0.478 e. The summed E-state index contributed by atoms with van der Waals surface area (Å²) in [5, 5.41) is 22.6. The maximum absolute atomic E-state index is 12.8. The highest BCUT2D eigenvalue weighted by molar-refractivity contribution is 5.99. The fourth-order valence-electron chi connectivity index (χ4n) is 3.74. The van der Waals surface area contributed by atoms with Crippen LogP contribution in [0.5, 0.6) is 0 Å². The first-order valence-corrected chi connectivity index (χ1v) is 9.70. The average molecular weight is 438 g/mol. The summed E-state index contributed by atoms with van der Waals surface area (Å²) in [4.78, 5) is 41.6. The van der Waals surface area contributed by atoms with Crippen LogP contribution in [0, 0.1) is 10.1 Å². The number of aliphatic carboxylic acids is 1. The molecule has 0 bridgehead atoms. The zero-order valence-electron chi connectivity index (χ0n) is 17.8. The van der Waals surface area contributed by atoms with E-state index < -0.39 is 22.8 Å². The zero-order chi connectivity index (χ0) is 23.4. The fraction of sp³-hybridized carbons (Fsp3) is 0.217. The monoisotopic (exact) mass is 438 g/mol. The Labute approximate surface area is 184 Å². The molecular weight excluding hydrogens is 416 g/mol. The maximum atomic E-state index is 12.8. The lowest BCUT2D eigenvalue weighted by atomic mass is 9.80. The van der Waals surface area contributed by atoms with E-state index in [1.807, 2.05) is 30.3 Å². The zero-order valence-corrected chi connectivity index (χ0v) is 17.8. The highest BCUT2D eigenvalue weighted by Gasteiger charge is 2.40. The molecule has 0 amide bonds. The van der Waals surface area contributed by atoms with Crippen LogP contribution in [0.4, 0.5) is 5.69 Å². The number of nitro groups is 1. The van der Waals surface area contributed by atoms with Gasteiger partial charge in [-0.05, 0) is 25.0 Å². The second-order valence-corrected chi connectivity index (χ2v) is 7.13. The topological polar surface area (TPSA) is 119 Å². The Bertz CT molecular complexity index is 1120. The molecule has 1 unspecified atom stereocenters. The predicted molar refractivity (Wildman–Crippen MR) is 114 cm³/mol. The normalized spacial score (nSPS) is 16.2. The number of allylic oxidation sites excluding steroid dienone is 2. The lowest BCUT2D eigenvalue weighted by Crippen LogP contribution is -2.34. The number of carboxylic acids is 1. The van der Waals surface area contributed by atoms with E-state index in [9.17, 15) is 24.8 Å². The van der Waals surface area contributed by atoms with Crippen LogP contribution in [0.15, 0.2) is 77.1 Å². The Kier molecular flexibility index (Phi) is 6.70. The molecule has 0 aliphatic carbocycles. The van der Waals surface area contributed by atoms with Crippen LogP contribution in [0.3, 0.4) is 0 Å². The van der Waals surface area contributed by atoms with Gasteiger partial charge < -0.3 is 9.84 Å². The van der Waals surface area contributed by atoms with Gasteiger partial charge in [-0.2, -0.15) is 0 Å². The van der Waals surface area contributed by atoms with Gasteiger partial charge in [-0.15, -0.1) is 0 Å². The van der Waals surface area contributed by atoms with Gasteiger partial charge in [0.05, 0.1) is 40.5 Å². The standard InChI is InChI=1S/C23H22N2O7/c1-14-19(22(26)27)21(17-10-7-11-18(12-17)25(29)30)20(23(28)31-3)15(2)24(14)32-13-16-8-5-4-6-9-16/h4-12,21H,13H2,1-3H3,(H,26,27). The summed E-state index contributed by atoms with van der Waals surface area (Å²) in [6, 6.07) is 14.8. The van der Waals surface area contributed by atoms with Crippen molar-refractivity contribution in [3.05, 3.63) is 98.4 Å². The minimum absolute atomic E-state index is 0.0315. The minimum atomic E-state index is -1.28. The van der Waals surface area contributed by atoms with Crippen LogP contribution in [0.25, 0.3) is 0 Å². The Balaban J connectivity index is 2.14. The number of rotatable bonds is 7. The Hall–Kier alpha value is -3.98. The molecule has 1 heterocycles. The number of carboxylic acid groups (broad SMARTS) is 1. The third kappa shape index (κ3) is 4.37.